The number of esters is 1. The lowest BCUT2D eigenvalue weighted by Crippen LogP contribution is -2.45. The molecule has 126 valence electrons. The van der Waals surface area contributed by atoms with E-state index in [1.54, 1.807) is 19.1 Å². The van der Waals surface area contributed by atoms with Crippen LogP contribution in [0, 0.1) is 11.3 Å². The Balaban J connectivity index is 2.20. The zero-order valence-electron chi connectivity index (χ0n) is 13.3. The van der Waals surface area contributed by atoms with Crippen LogP contribution < -0.4 is 20.1 Å². The SMILES string of the molecule is CCOC(=O)C1=C(COc2ccc(C#N)cc2OC)NC(=O)NC1. The van der Waals surface area contributed by atoms with E-state index < -0.39 is 12.0 Å². The summed E-state index contributed by atoms with van der Waals surface area (Å²) in [4.78, 5) is 23.4. The Kier molecular flexibility index (Phi) is 5.63. The quantitative estimate of drug-likeness (QED) is 0.755. The maximum atomic E-state index is 11.9. The maximum Gasteiger partial charge on any atom is 0.337 e. The van der Waals surface area contributed by atoms with Crippen LogP contribution in [0.2, 0.25) is 0 Å². The molecule has 8 heteroatoms. The fourth-order valence-corrected chi connectivity index (χ4v) is 2.08. The van der Waals surface area contributed by atoms with E-state index in [4.69, 9.17) is 19.5 Å². The van der Waals surface area contributed by atoms with Crippen molar-refractivity contribution in [1.29, 1.82) is 5.26 Å². The van der Waals surface area contributed by atoms with Crippen molar-refractivity contribution < 1.29 is 23.8 Å². The first-order valence-electron chi connectivity index (χ1n) is 7.24. The molecule has 0 atom stereocenters. The second-order valence-electron chi connectivity index (χ2n) is 4.75. The third-order valence-corrected chi connectivity index (χ3v) is 3.24. The fourth-order valence-electron chi connectivity index (χ4n) is 2.08. The largest absolute Gasteiger partial charge is 0.493 e. The van der Waals surface area contributed by atoms with Crippen LogP contribution in [0.3, 0.4) is 0 Å². The molecule has 0 bridgehead atoms. The third-order valence-electron chi connectivity index (χ3n) is 3.24. The minimum atomic E-state index is -0.518. The summed E-state index contributed by atoms with van der Waals surface area (Å²) >= 11 is 0. The van der Waals surface area contributed by atoms with Gasteiger partial charge in [-0.25, -0.2) is 9.59 Å². The number of hydrogen-bond donors (Lipinski definition) is 2. The summed E-state index contributed by atoms with van der Waals surface area (Å²) in [5.74, 6) is 0.253. The van der Waals surface area contributed by atoms with Crippen molar-refractivity contribution in [3.05, 3.63) is 35.0 Å². The molecule has 8 nitrogen and oxygen atoms in total. The molecule has 0 unspecified atom stereocenters. The van der Waals surface area contributed by atoms with Crippen molar-refractivity contribution in [2.45, 2.75) is 6.92 Å². The topological polar surface area (TPSA) is 110 Å². The van der Waals surface area contributed by atoms with Gasteiger partial charge < -0.3 is 24.8 Å². The molecule has 24 heavy (non-hydrogen) atoms. The minimum absolute atomic E-state index is 0.0518. The van der Waals surface area contributed by atoms with Gasteiger partial charge in [-0.05, 0) is 19.1 Å². The Hall–Kier alpha value is -3.21. The van der Waals surface area contributed by atoms with Gasteiger partial charge in [-0.2, -0.15) is 5.26 Å². The van der Waals surface area contributed by atoms with Crippen LogP contribution in [0.25, 0.3) is 0 Å². The number of nitrogens with one attached hydrogen (secondary N) is 2. The molecule has 1 aliphatic heterocycles. The van der Waals surface area contributed by atoms with Gasteiger partial charge in [0.25, 0.3) is 0 Å². The summed E-state index contributed by atoms with van der Waals surface area (Å²) < 4.78 is 15.8. The van der Waals surface area contributed by atoms with Crippen molar-refractivity contribution in [3.8, 4) is 17.6 Å². The number of rotatable bonds is 6. The Morgan fingerprint density at radius 2 is 2.17 bits per heavy atom. The highest BCUT2D eigenvalue weighted by Gasteiger charge is 2.24. The van der Waals surface area contributed by atoms with Crippen molar-refractivity contribution >= 4 is 12.0 Å². The van der Waals surface area contributed by atoms with Gasteiger partial charge in [-0.1, -0.05) is 0 Å². The molecule has 0 aliphatic carbocycles. The van der Waals surface area contributed by atoms with E-state index in [2.05, 4.69) is 10.6 Å². The van der Waals surface area contributed by atoms with E-state index in [9.17, 15) is 9.59 Å². The van der Waals surface area contributed by atoms with Gasteiger partial charge in [0.2, 0.25) is 0 Å². The zero-order valence-corrected chi connectivity index (χ0v) is 13.3. The molecule has 0 aromatic heterocycles. The summed E-state index contributed by atoms with van der Waals surface area (Å²) in [5.41, 5.74) is 1.05. The molecule has 0 fully saturated rings. The second-order valence-corrected chi connectivity index (χ2v) is 4.75. The number of benzene rings is 1. The fraction of sp³-hybridized carbons (Fsp3) is 0.312. The summed E-state index contributed by atoms with van der Waals surface area (Å²) in [6.45, 7) is 1.94. The van der Waals surface area contributed by atoms with Crippen molar-refractivity contribution in [2.24, 2.45) is 0 Å². The average Bonchev–Trinajstić information content (AvgIpc) is 2.60. The first-order chi connectivity index (χ1) is 11.6. The first kappa shape index (κ1) is 17.1. The lowest BCUT2D eigenvalue weighted by atomic mass is 10.1. The smallest absolute Gasteiger partial charge is 0.337 e. The Bertz CT molecular complexity index is 721. The minimum Gasteiger partial charge on any atom is -0.493 e. The van der Waals surface area contributed by atoms with Gasteiger partial charge in [0.15, 0.2) is 11.5 Å². The predicted octanol–water partition coefficient (Wildman–Crippen LogP) is 1.08. The molecule has 0 saturated carbocycles. The predicted molar refractivity (Wildman–Crippen MR) is 83.4 cm³/mol. The molecule has 0 spiro atoms. The second kappa shape index (κ2) is 7.87. The van der Waals surface area contributed by atoms with Crippen LogP contribution in [-0.4, -0.2) is 38.9 Å². The monoisotopic (exact) mass is 331 g/mol. The molecular formula is C16H17N3O5. The van der Waals surface area contributed by atoms with E-state index in [0.29, 0.717) is 28.3 Å². The van der Waals surface area contributed by atoms with Gasteiger partial charge in [-0.15, -0.1) is 0 Å². The van der Waals surface area contributed by atoms with Gasteiger partial charge in [0.05, 0.1) is 43.2 Å². The van der Waals surface area contributed by atoms with E-state index in [1.807, 2.05) is 6.07 Å². The number of methoxy groups -OCH3 is 1. The zero-order chi connectivity index (χ0) is 17.5. The van der Waals surface area contributed by atoms with E-state index in [-0.39, 0.29) is 19.8 Å². The number of nitrogens with zero attached hydrogens (tertiary/aromatic N) is 1. The standard InChI is InChI=1S/C16H17N3O5/c1-3-23-15(20)11-8-18-16(21)19-12(11)9-24-13-5-4-10(7-17)6-14(13)22-2/h4-6H,3,8-9H2,1-2H3,(H2,18,19,21). The number of hydrogen-bond acceptors (Lipinski definition) is 6. The van der Waals surface area contributed by atoms with Crippen molar-refractivity contribution in [3.63, 3.8) is 0 Å². The van der Waals surface area contributed by atoms with Crippen LogP contribution in [0.1, 0.15) is 12.5 Å². The normalized spacial score (nSPS) is 13.5. The number of urea groups is 1. The number of nitriles is 1. The van der Waals surface area contributed by atoms with E-state index in [1.165, 1.54) is 13.2 Å². The summed E-state index contributed by atoms with van der Waals surface area (Å²) in [5, 5.41) is 14.0. The van der Waals surface area contributed by atoms with Gasteiger partial charge >= 0.3 is 12.0 Å². The van der Waals surface area contributed by atoms with Crippen molar-refractivity contribution in [2.75, 3.05) is 26.9 Å². The molecule has 1 aromatic rings. The molecule has 1 aliphatic rings. The van der Waals surface area contributed by atoms with E-state index in [0.717, 1.165) is 0 Å². The Morgan fingerprint density at radius 1 is 1.38 bits per heavy atom. The van der Waals surface area contributed by atoms with Gasteiger partial charge in [-0.3, -0.25) is 0 Å². The molecule has 0 saturated heterocycles. The Labute approximate surface area is 139 Å². The van der Waals surface area contributed by atoms with Crippen LogP contribution in [-0.2, 0) is 9.53 Å². The number of amides is 2. The van der Waals surface area contributed by atoms with Crippen molar-refractivity contribution in [1.82, 2.24) is 10.6 Å². The molecule has 2 amide bonds. The number of ether oxygens (including phenoxy) is 3. The lowest BCUT2D eigenvalue weighted by molar-refractivity contribution is -0.138. The van der Waals surface area contributed by atoms with E-state index >= 15 is 0 Å². The number of carbonyl (C=O) groups is 2. The highest BCUT2D eigenvalue weighted by molar-refractivity contribution is 5.93. The van der Waals surface area contributed by atoms with Crippen LogP contribution >= 0.6 is 0 Å². The molecule has 2 N–H and O–H groups in total. The lowest BCUT2D eigenvalue weighted by Gasteiger charge is -2.21. The molecule has 2 rings (SSSR count). The molecular weight excluding hydrogens is 314 g/mol. The summed E-state index contributed by atoms with van der Waals surface area (Å²) in [6.07, 6.45) is 0. The summed E-state index contributed by atoms with van der Waals surface area (Å²) in [7, 11) is 1.46. The third kappa shape index (κ3) is 3.95. The average molecular weight is 331 g/mol. The first-order valence-corrected chi connectivity index (χ1v) is 7.24. The summed E-state index contributed by atoms with van der Waals surface area (Å²) in [6, 6.07) is 6.29. The molecule has 1 aromatic carbocycles. The molecule has 0 radical (unpaired) electrons. The van der Waals surface area contributed by atoms with Crippen LogP contribution in [0.5, 0.6) is 11.5 Å². The highest BCUT2D eigenvalue weighted by Crippen LogP contribution is 2.28. The highest BCUT2D eigenvalue weighted by atomic mass is 16.5. The van der Waals surface area contributed by atoms with Crippen LogP contribution in [0.15, 0.2) is 29.5 Å². The van der Waals surface area contributed by atoms with Crippen LogP contribution in [0.4, 0.5) is 4.79 Å². The maximum absolute atomic E-state index is 11.9. The molecule has 1 heterocycles. The van der Waals surface area contributed by atoms with Gasteiger partial charge in [0, 0.05) is 6.07 Å². The number of carbonyl (C=O) groups excluding carboxylic acids is 2. The van der Waals surface area contributed by atoms with Gasteiger partial charge in [0.1, 0.15) is 6.61 Å². The Morgan fingerprint density at radius 3 is 2.83 bits per heavy atom.